The SMILES string of the molecule is COC1CCN(c2nccc(N(c3cc4nc(-c5cn[nH]c5)[nH]c4cn3)N(c3cc4nc(-c5cnn(COCC[Si](C)(C)C)c5)n(COCC[Si](C)(C)C)c4cn3)c3ccnc(N4CCC(OC)CC4)n3)n2)CC1. The molecule has 0 amide bonds. The van der Waals surface area contributed by atoms with Crippen LogP contribution in [0.15, 0.2) is 73.8 Å². The Hall–Kier alpha value is -6.71. The molecule has 0 spiro atoms. The first-order valence-electron chi connectivity index (χ1n) is 25.5. The summed E-state index contributed by atoms with van der Waals surface area (Å²) in [6, 6.07) is 9.76. The fraction of sp³-hybridized carbons (Fsp3) is 0.480. The number of anilines is 6. The number of nitrogens with zero attached hydrogens (tertiary/aromatic N) is 16. The molecule has 2 N–H and O–H groups in total. The molecule has 0 aliphatic carbocycles. The fourth-order valence-electron chi connectivity index (χ4n) is 9.08. The average molecular weight is 1040 g/mol. The molecule has 0 atom stereocenters. The largest absolute Gasteiger partial charge is 0.381 e. The number of nitrogens with one attached hydrogen (secondary N) is 2. The van der Waals surface area contributed by atoms with Crippen molar-refractivity contribution >= 4 is 73.4 Å². The van der Waals surface area contributed by atoms with Crippen LogP contribution in [0.25, 0.3) is 44.8 Å². The molecule has 2 aliphatic heterocycles. The number of methoxy groups -OCH3 is 2. The number of imidazole rings is 2. The maximum absolute atomic E-state index is 6.45. The summed E-state index contributed by atoms with van der Waals surface area (Å²) in [4.78, 5) is 48.8. The molecule has 22 nitrogen and oxygen atoms in total. The zero-order chi connectivity index (χ0) is 51.4. The Bertz CT molecular complexity index is 3120. The highest BCUT2D eigenvalue weighted by Gasteiger charge is 2.31. The van der Waals surface area contributed by atoms with Crippen LogP contribution >= 0.6 is 0 Å². The number of hydrogen-bond donors (Lipinski definition) is 2. The van der Waals surface area contributed by atoms with E-state index in [-0.39, 0.29) is 18.9 Å². The lowest BCUT2D eigenvalue weighted by atomic mass is 10.1. The van der Waals surface area contributed by atoms with E-state index < -0.39 is 16.1 Å². The second-order valence-electron chi connectivity index (χ2n) is 21.4. The number of hydrogen-bond acceptors (Lipinski definition) is 18. The summed E-state index contributed by atoms with van der Waals surface area (Å²) in [5, 5.41) is 15.6. The van der Waals surface area contributed by atoms with Crippen molar-refractivity contribution in [1.82, 2.24) is 69.4 Å². The van der Waals surface area contributed by atoms with Gasteiger partial charge in [0.15, 0.2) is 23.3 Å². The van der Waals surface area contributed by atoms with Gasteiger partial charge < -0.3 is 33.7 Å². The highest BCUT2D eigenvalue weighted by molar-refractivity contribution is 6.76. The van der Waals surface area contributed by atoms with Crippen molar-refractivity contribution in [3.63, 3.8) is 0 Å². The number of aromatic nitrogens is 14. The third kappa shape index (κ3) is 11.8. The van der Waals surface area contributed by atoms with E-state index in [2.05, 4.69) is 68.8 Å². The van der Waals surface area contributed by atoms with Crippen molar-refractivity contribution in [2.45, 2.75) is 103 Å². The van der Waals surface area contributed by atoms with Crippen LogP contribution in [0.1, 0.15) is 25.7 Å². The molecule has 24 heteroatoms. The minimum Gasteiger partial charge on any atom is -0.381 e. The summed E-state index contributed by atoms with van der Waals surface area (Å²) in [5.74, 6) is 4.54. The zero-order valence-corrected chi connectivity index (χ0v) is 45.8. The summed E-state index contributed by atoms with van der Waals surface area (Å²) in [5.41, 5.74) is 4.55. The topological polar surface area (TPSA) is 220 Å². The van der Waals surface area contributed by atoms with Gasteiger partial charge in [0.2, 0.25) is 11.9 Å². The highest BCUT2D eigenvalue weighted by Crippen LogP contribution is 2.38. The Morgan fingerprint density at radius 3 is 1.78 bits per heavy atom. The first-order valence-corrected chi connectivity index (χ1v) is 32.9. The molecule has 10 heterocycles. The Morgan fingerprint density at radius 2 is 1.22 bits per heavy atom. The Balaban J connectivity index is 1.11. The molecule has 0 radical (unpaired) electrons. The average Bonchev–Trinajstić information content (AvgIpc) is 4.25. The first-order chi connectivity index (χ1) is 35.8. The predicted octanol–water partition coefficient (Wildman–Crippen LogP) is 8.28. The van der Waals surface area contributed by atoms with Gasteiger partial charge in [-0.25, -0.2) is 44.6 Å². The van der Waals surface area contributed by atoms with E-state index in [0.29, 0.717) is 77.8 Å². The Kier molecular flexibility index (Phi) is 15.1. The van der Waals surface area contributed by atoms with E-state index in [0.717, 1.165) is 86.1 Å². The zero-order valence-electron chi connectivity index (χ0n) is 43.8. The molecule has 0 saturated carbocycles. The number of rotatable bonds is 21. The highest BCUT2D eigenvalue weighted by atomic mass is 28.3. The molecule has 2 saturated heterocycles. The molecule has 0 bridgehead atoms. The van der Waals surface area contributed by atoms with Crippen molar-refractivity contribution < 1.29 is 18.9 Å². The van der Waals surface area contributed by atoms with E-state index in [9.17, 15) is 0 Å². The normalized spacial score (nSPS) is 15.2. The second-order valence-corrected chi connectivity index (χ2v) is 32.6. The van der Waals surface area contributed by atoms with Crippen molar-refractivity contribution in [2.75, 3.05) is 73.4 Å². The second kappa shape index (κ2) is 22.0. The number of pyridine rings is 2. The smallest absolute Gasteiger partial charge is 0.227 e. The lowest BCUT2D eigenvalue weighted by Gasteiger charge is -2.36. The van der Waals surface area contributed by atoms with Crippen molar-refractivity contribution in [2.24, 2.45) is 0 Å². The van der Waals surface area contributed by atoms with Crippen molar-refractivity contribution in [3.8, 4) is 22.8 Å². The van der Waals surface area contributed by atoms with E-state index >= 15 is 0 Å². The van der Waals surface area contributed by atoms with Gasteiger partial charge in [-0.2, -0.15) is 20.2 Å². The van der Waals surface area contributed by atoms with Gasteiger partial charge in [0.1, 0.15) is 25.1 Å². The monoisotopic (exact) mass is 1040 g/mol. The van der Waals surface area contributed by atoms with Crippen LogP contribution < -0.4 is 19.8 Å². The van der Waals surface area contributed by atoms with Crippen LogP contribution in [0.4, 0.5) is 35.2 Å². The van der Waals surface area contributed by atoms with Gasteiger partial charge >= 0.3 is 0 Å². The summed E-state index contributed by atoms with van der Waals surface area (Å²) in [7, 11) is 0.920. The third-order valence-corrected chi connectivity index (χ3v) is 16.9. The molecular formula is C50H68N18O4Si2. The van der Waals surface area contributed by atoms with Crippen LogP contribution in [-0.2, 0) is 32.4 Å². The summed E-state index contributed by atoms with van der Waals surface area (Å²) >= 11 is 0. The number of aromatic amines is 2. The number of hydrazine groups is 1. The van der Waals surface area contributed by atoms with Crippen molar-refractivity contribution in [1.29, 1.82) is 0 Å². The molecule has 2 fully saturated rings. The number of fused-ring (bicyclic) bond motifs is 2. The van der Waals surface area contributed by atoms with Crippen LogP contribution in [0.2, 0.25) is 51.4 Å². The minimum atomic E-state index is -1.37. The molecule has 8 aromatic heterocycles. The number of H-pyrrole nitrogens is 2. The minimum absolute atomic E-state index is 0.180. The van der Waals surface area contributed by atoms with Crippen LogP contribution in [0.5, 0.6) is 0 Å². The molecule has 0 aromatic carbocycles. The quantitative estimate of drug-likeness (QED) is 0.0393. The van der Waals surface area contributed by atoms with E-state index in [1.54, 1.807) is 45.2 Å². The summed E-state index contributed by atoms with van der Waals surface area (Å²) < 4.78 is 27.9. The summed E-state index contributed by atoms with van der Waals surface area (Å²) in [6.07, 6.45) is 18.3. The lowest BCUT2D eigenvalue weighted by Crippen LogP contribution is -2.41. The molecule has 0 unspecified atom stereocenters. The lowest BCUT2D eigenvalue weighted by molar-refractivity contribution is 0.0786. The molecule has 390 valence electrons. The van der Waals surface area contributed by atoms with Gasteiger partial charge in [-0.05, 0) is 37.8 Å². The molecule has 74 heavy (non-hydrogen) atoms. The van der Waals surface area contributed by atoms with E-state index in [1.165, 1.54) is 0 Å². The van der Waals surface area contributed by atoms with Gasteiger partial charge in [0.25, 0.3) is 0 Å². The van der Waals surface area contributed by atoms with Gasteiger partial charge in [-0.3, -0.25) is 9.67 Å². The fourth-order valence-corrected chi connectivity index (χ4v) is 10.6. The molecular weight excluding hydrogens is 973 g/mol. The number of piperidine rings is 2. The number of ether oxygens (including phenoxy) is 4. The van der Waals surface area contributed by atoms with Crippen LogP contribution in [0.3, 0.4) is 0 Å². The maximum atomic E-state index is 6.45. The van der Waals surface area contributed by atoms with Crippen LogP contribution in [0, 0.1) is 0 Å². The van der Waals surface area contributed by atoms with Gasteiger partial charge in [0.05, 0.1) is 70.2 Å². The molecule has 10 rings (SSSR count). The molecule has 2 aliphatic rings. The molecule has 8 aromatic rings. The van der Waals surface area contributed by atoms with Crippen molar-refractivity contribution in [3.05, 3.63) is 73.8 Å². The van der Waals surface area contributed by atoms with Gasteiger partial charge in [-0.15, -0.1) is 0 Å². The predicted molar refractivity (Wildman–Crippen MR) is 291 cm³/mol. The summed E-state index contributed by atoms with van der Waals surface area (Å²) in [6.45, 7) is 19.0. The van der Waals surface area contributed by atoms with Gasteiger partial charge in [-0.1, -0.05) is 39.3 Å². The van der Waals surface area contributed by atoms with Gasteiger partial charge in [0, 0.05) is 119 Å². The Morgan fingerprint density at radius 1 is 0.635 bits per heavy atom. The Labute approximate surface area is 432 Å². The van der Waals surface area contributed by atoms with E-state index in [1.807, 2.05) is 57.6 Å². The third-order valence-electron chi connectivity index (χ3n) is 13.5. The first kappa shape index (κ1) is 50.8. The van der Waals surface area contributed by atoms with Crippen LogP contribution in [-0.4, -0.2) is 151 Å². The maximum Gasteiger partial charge on any atom is 0.227 e. The standard InChI is InChI=1S/C50H68N18O4Si2/c1-69-37-11-17-63(18-12-37)49-51-15-9-43(61-49)67(45-25-39-41(30-53-45)59-47(58-39)35-27-55-56-28-35)68(44-10-16-52-50(62-44)64-19-13-38(70-2)14-20-64)46-26-40-42(31-54-46)66(34-72-22-24-74(6,7)8)48(60-40)36-29-57-65(32-36)33-71-21-23-73(3,4)5/h9-10,15-16,25-32,37-38H,11-14,17-24,33-34H2,1-8H3,(H,55,56)(H,58,59). The van der Waals surface area contributed by atoms with E-state index in [4.69, 9.17) is 63.9 Å².